The molecule has 0 aliphatic heterocycles. The minimum absolute atomic E-state index is 0.0600. The summed E-state index contributed by atoms with van der Waals surface area (Å²) < 4.78 is 38.2. The van der Waals surface area contributed by atoms with Crippen molar-refractivity contribution in [3.8, 4) is 0 Å². The van der Waals surface area contributed by atoms with Crippen LogP contribution in [0.5, 0.6) is 0 Å². The zero-order valence-electron chi connectivity index (χ0n) is 11.2. The number of hydrogen-bond acceptors (Lipinski definition) is 1. The van der Waals surface area contributed by atoms with Gasteiger partial charge in [0, 0.05) is 16.6 Å². The van der Waals surface area contributed by atoms with Gasteiger partial charge < -0.3 is 0 Å². The van der Waals surface area contributed by atoms with Crippen LogP contribution in [0, 0.1) is 0 Å². The Labute approximate surface area is 117 Å². The summed E-state index contributed by atoms with van der Waals surface area (Å²) in [5, 5.41) is 0.106. The highest BCUT2D eigenvalue weighted by Gasteiger charge is 2.33. The monoisotopic (exact) mass is 293 g/mol. The Balaban J connectivity index is 3.05. The maximum atomic E-state index is 12.7. The van der Waals surface area contributed by atoms with Crippen LogP contribution in [0.2, 0.25) is 5.02 Å². The maximum absolute atomic E-state index is 12.7. The van der Waals surface area contributed by atoms with E-state index in [-0.39, 0.29) is 10.9 Å². The summed E-state index contributed by atoms with van der Waals surface area (Å²) in [7, 11) is 0. The van der Waals surface area contributed by atoms with Crippen LogP contribution in [-0.4, -0.2) is 4.98 Å². The van der Waals surface area contributed by atoms with Crippen LogP contribution in [0.4, 0.5) is 13.2 Å². The molecule has 5 heteroatoms. The van der Waals surface area contributed by atoms with Crippen LogP contribution < -0.4 is 0 Å². The molecule has 0 fully saturated rings. The van der Waals surface area contributed by atoms with Crippen LogP contribution in [0.3, 0.4) is 0 Å². The van der Waals surface area contributed by atoms with Gasteiger partial charge in [0.05, 0.1) is 0 Å². The Morgan fingerprint density at radius 2 is 1.84 bits per heavy atom. The Bertz CT molecular complexity index is 404. The lowest BCUT2D eigenvalue weighted by atomic mass is 9.93. The second-order valence-corrected chi connectivity index (χ2v) is 5.16. The second kappa shape index (κ2) is 7.13. The van der Waals surface area contributed by atoms with Crippen molar-refractivity contribution >= 4 is 11.6 Å². The van der Waals surface area contributed by atoms with Crippen molar-refractivity contribution in [3.05, 3.63) is 28.5 Å². The summed E-state index contributed by atoms with van der Waals surface area (Å²) in [6, 6.07) is 2.45. The third-order valence-corrected chi connectivity index (χ3v) is 3.28. The zero-order valence-corrected chi connectivity index (χ0v) is 12.0. The molecular formula is C14H19ClF3N. The highest BCUT2D eigenvalue weighted by atomic mass is 35.5. The Kier molecular flexibility index (Phi) is 6.11. The Hall–Kier alpha value is -0.770. The molecule has 0 aromatic carbocycles. The minimum Gasteiger partial charge on any atom is -0.248 e. The van der Waals surface area contributed by atoms with Crippen LogP contribution >= 0.6 is 11.6 Å². The van der Waals surface area contributed by atoms with Crippen LogP contribution in [-0.2, 0) is 6.18 Å². The predicted octanol–water partition coefficient (Wildman–Crippen LogP) is 5.83. The molecule has 1 atom stereocenters. The molecule has 1 aromatic rings. The first kappa shape index (κ1) is 16.3. The van der Waals surface area contributed by atoms with E-state index in [0.717, 1.165) is 38.2 Å². The molecule has 0 bridgehead atoms. The van der Waals surface area contributed by atoms with Crippen LogP contribution in [0.1, 0.15) is 63.3 Å². The van der Waals surface area contributed by atoms with Gasteiger partial charge in [-0.3, -0.25) is 0 Å². The molecule has 0 aliphatic carbocycles. The van der Waals surface area contributed by atoms with Gasteiger partial charge in [0.25, 0.3) is 0 Å². The number of unbranched alkanes of at least 4 members (excludes halogenated alkanes) is 1. The number of halogens is 4. The fraction of sp³-hybridized carbons (Fsp3) is 0.643. The molecule has 1 unspecified atom stereocenters. The Morgan fingerprint density at radius 3 is 2.37 bits per heavy atom. The molecule has 0 spiro atoms. The van der Waals surface area contributed by atoms with E-state index in [1.54, 1.807) is 6.07 Å². The zero-order chi connectivity index (χ0) is 14.5. The van der Waals surface area contributed by atoms with Gasteiger partial charge in [0.15, 0.2) is 0 Å². The molecule has 1 aromatic heterocycles. The van der Waals surface area contributed by atoms with Crippen molar-refractivity contribution in [2.24, 2.45) is 0 Å². The van der Waals surface area contributed by atoms with Crippen molar-refractivity contribution in [1.82, 2.24) is 4.98 Å². The molecule has 0 saturated carbocycles. The van der Waals surface area contributed by atoms with Crippen LogP contribution in [0.25, 0.3) is 0 Å². The van der Waals surface area contributed by atoms with Gasteiger partial charge in [-0.2, -0.15) is 13.2 Å². The number of pyridine rings is 1. The highest BCUT2D eigenvalue weighted by molar-refractivity contribution is 6.30. The minimum atomic E-state index is -4.44. The van der Waals surface area contributed by atoms with Crippen molar-refractivity contribution in [2.45, 2.75) is 58.0 Å². The maximum Gasteiger partial charge on any atom is 0.433 e. The van der Waals surface area contributed by atoms with Crippen molar-refractivity contribution in [1.29, 1.82) is 0 Å². The lowest BCUT2D eigenvalue weighted by Gasteiger charge is -2.17. The molecular weight excluding hydrogens is 275 g/mol. The molecule has 19 heavy (non-hydrogen) atoms. The van der Waals surface area contributed by atoms with E-state index in [2.05, 4.69) is 11.9 Å². The molecule has 0 radical (unpaired) electrons. The number of nitrogens with zero attached hydrogens (tertiary/aromatic N) is 1. The van der Waals surface area contributed by atoms with E-state index < -0.39 is 11.9 Å². The lowest BCUT2D eigenvalue weighted by Crippen LogP contribution is -2.11. The SMILES string of the molecule is CCCCC(CCC)c1cc(Cl)cc(C(F)(F)F)n1. The van der Waals surface area contributed by atoms with Crippen molar-refractivity contribution < 1.29 is 13.2 Å². The van der Waals surface area contributed by atoms with Gasteiger partial charge in [0.1, 0.15) is 5.69 Å². The van der Waals surface area contributed by atoms with E-state index in [0.29, 0.717) is 5.69 Å². The fourth-order valence-corrected chi connectivity index (χ4v) is 2.33. The number of alkyl halides is 3. The standard InChI is InChI=1S/C14H19ClF3N/c1-3-5-7-10(6-4-2)12-8-11(15)9-13(19-12)14(16,17)18/h8-10H,3-7H2,1-2H3. The highest BCUT2D eigenvalue weighted by Crippen LogP contribution is 2.33. The van der Waals surface area contributed by atoms with E-state index in [9.17, 15) is 13.2 Å². The molecule has 0 aliphatic rings. The fourth-order valence-electron chi connectivity index (χ4n) is 2.11. The molecule has 0 N–H and O–H groups in total. The van der Waals surface area contributed by atoms with Gasteiger partial charge in [-0.15, -0.1) is 0 Å². The number of hydrogen-bond donors (Lipinski definition) is 0. The lowest BCUT2D eigenvalue weighted by molar-refractivity contribution is -0.141. The van der Waals surface area contributed by atoms with Crippen LogP contribution in [0.15, 0.2) is 12.1 Å². The van der Waals surface area contributed by atoms with E-state index >= 15 is 0 Å². The Morgan fingerprint density at radius 1 is 1.16 bits per heavy atom. The summed E-state index contributed by atoms with van der Waals surface area (Å²) in [6.45, 7) is 4.09. The smallest absolute Gasteiger partial charge is 0.248 e. The molecule has 1 nitrogen and oxygen atoms in total. The third kappa shape index (κ3) is 5.01. The van der Waals surface area contributed by atoms with E-state index in [1.807, 2.05) is 6.92 Å². The van der Waals surface area contributed by atoms with Gasteiger partial charge >= 0.3 is 6.18 Å². The van der Waals surface area contributed by atoms with Gasteiger partial charge in [-0.1, -0.05) is 44.7 Å². The number of rotatable bonds is 6. The molecule has 0 amide bonds. The topological polar surface area (TPSA) is 12.9 Å². The van der Waals surface area contributed by atoms with E-state index in [4.69, 9.17) is 11.6 Å². The summed E-state index contributed by atoms with van der Waals surface area (Å²) in [4.78, 5) is 3.77. The van der Waals surface area contributed by atoms with E-state index in [1.165, 1.54) is 0 Å². The first-order chi connectivity index (χ1) is 8.88. The largest absolute Gasteiger partial charge is 0.433 e. The first-order valence-corrected chi connectivity index (χ1v) is 7.01. The van der Waals surface area contributed by atoms with Gasteiger partial charge in [-0.05, 0) is 25.0 Å². The molecule has 1 rings (SSSR count). The summed E-state index contributed by atoms with van der Waals surface area (Å²) >= 11 is 5.79. The number of aromatic nitrogens is 1. The molecule has 1 heterocycles. The average molecular weight is 294 g/mol. The summed E-state index contributed by atoms with van der Waals surface area (Å²) in [5.41, 5.74) is -0.428. The average Bonchev–Trinajstić information content (AvgIpc) is 2.32. The normalized spacial score (nSPS) is 13.6. The van der Waals surface area contributed by atoms with Crippen molar-refractivity contribution in [3.63, 3.8) is 0 Å². The second-order valence-electron chi connectivity index (χ2n) is 4.72. The quantitative estimate of drug-likeness (QED) is 0.643. The molecule has 108 valence electrons. The predicted molar refractivity (Wildman–Crippen MR) is 71.4 cm³/mol. The van der Waals surface area contributed by atoms with Crippen molar-refractivity contribution in [2.75, 3.05) is 0 Å². The first-order valence-electron chi connectivity index (χ1n) is 6.63. The summed E-state index contributed by atoms with van der Waals surface area (Å²) in [6.07, 6.45) is 0.178. The van der Waals surface area contributed by atoms with Gasteiger partial charge in [-0.25, -0.2) is 4.98 Å². The van der Waals surface area contributed by atoms with Gasteiger partial charge in [0.2, 0.25) is 0 Å². The molecule has 0 saturated heterocycles. The third-order valence-electron chi connectivity index (χ3n) is 3.06. The summed E-state index contributed by atoms with van der Waals surface area (Å²) in [5.74, 6) is 0.0600.